The lowest BCUT2D eigenvalue weighted by Crippen LogP contribution is -1.97. The van der Waals surface area contributed by atoms with Crippen LogP contribution in [0.15, 0.2) is 47.6 Å². The summed E-state index contributed by atoms with van der Waals surface area (Å²) in [5.41, 5.74) is 1.43. The molecule has 3 aromatic rings. The van der Waals surface area contributed by atoms with Crippen molar-refractivity contribution in [3.05, 3.63) is 58.6 Å². The molecule has 0 unspecified atom stereocenters. The molecule has 0 aliphatic rings. The Morgan fingerprint density at radius 2 is 1.92 bits per heavy atom. The molecular weight excluding hydrogens is 343 g/mol. The molecule has 0 bridgehead atoms. The topological polar surface area (TPSA) is 64.4 Å². The second-order valence-electron chi connectivity index (χ2n) is 5.02. The Bertz CT molecular complexity index is 964. The van der Waals surface area contributed by atoms with Crippen LogP contribution in [0, 0.1) is 10.6 Å². The van der Waals surface area contributed by atoms with Crippen LogP contribution in [0.25, 0.3) is 11.4 Å². The summed E-state index contributed by atoms with van der Waals surface area (Å²) in [6.07, 6.45) is 1.61. The SMILES string of the molecule is COc1ccc(/C=N/n2c(-c3ccc(F)cc3)n[nH]c2=S)c(OC)c1. The number of halogens is 1. The van der Waals surface area contributed by atoms with Gasteiger partial charge in [-0.25, -0.2) is 9.49 Å². The summed E-state index contributed by atoms with van der Waals surface area (Å²) in [5.74, 6) is 1.45. The van der Waals surface area contributed by atoms with Crippen LogP contribution in [-0.4, -0.2) is 35.3 Å². The molecule has 1 N–H and O–H groups in total. The van der Waals surface area contributed by atoms with Crippen LogP contribution in [0.3, 0.4) is 0 Å². The van der Waals surface area contributed by atoms with Gasteiger partial charge in [-0.05, 0) is 48.6 Å². The van der Waals surface area contributed by atoms with Crippen LogP contribution in [-0.2, 0) is 0 Å². The first-order chi connectivity index (χ1) is 12.1. The van der Waals surface area contributed by atoms with E-state index in [0.29, 0.717) is 27.7 Å². The van der Waals surface area contributed by atoms with Crippen LogP contribution >= 0.6 is 12.2 Å². The number of hydrogen-bond acceptors (Lipinski definition) is 5. The van der Waals surface area contributed by atoms with Gasteiger partial charge in [-0.2, -0.15) is 14.9 Å². The summed E-state index contributed by atoms with van der Waals surface area (Å²) in [6, 6.07) is 11.3. The molecule has 3 rings (SSSR count). The number of methoxy groups -OCH3 is 2. The third-order valence-electron chi connectivity index (χ3n) is 3.51. The van der Waals surface area contributed by atoms with Crippen molar-refractivity contribution >= 4 is 18.4 Å². The number of hydrogen-bond donors (Lipinski definition) is 1. The Labute approximate surface area is 148 Å². The molecule has 128 valence electrons. The maximum Gasteiger partial charge on any atom is 0.216 e. The molecule has 1 aromatic heterocycles. The normalized spacial score (nSPS) is 11.0. The van der Waals surface area contributed by atoms with E-state index >= 15 is 0 Å². The first kappa shape index (κ1) is 16.8. The molecule has 0 saturated heterocycles. The molecule has 0 aliphatic heterocycles. The molecular formula is C17H15FN4O2S. The van der Waals surface area contributed by atoms with Gasteiger partial charge in [0.2, 0.25) is 4.77 Å². The molecule has 1 heterocycles. The average Bonchev–Trinajstić information content (AvgIpc) is 3.01. The fraction of sp³-hybridized carbons (Fsp3) is 0.118. The Balaban J connectivity index is 1.99. The highest BCUT2D eigenvalue weighted by atomic mass is 32.1. The maximum absolute atomic E-state index is 13.1. The quantitative estimate of drug-likeness (QED) is 0.559. The number of H-pyrrole nitrogens is 1. The summed E-state index contributed by atoms with van der Waals surface area (Å²) in [6.45, 7) is 0. The Kier molecular flexibility index (Phi) is 4.90. The molecule has 8 heteroatoms. The van der Waals surface area contributed by atoms with Crippen molar-refractivity contribution in [1.82, 2.24) is 14.9 Å². The number of nitrogens with zero attached hydrogens (tertiary/aromatic N) is 3. The monoisotopic (exact) mass is 358 g/mol. The van der Waals surface area contributed by atoms with E-state index in [-0.39, 0.29) is 5.82 Å². The van der Waals surface area contributed by atoms with E-state index < -0.39 is 0 Å². The molecule has 6 nitrogen and oxygen atoms in total. The molecule has 0 atom stereocenters. The summed E-state index contributed by atoms with van der Waals surface area (Å²) in [4.78, 5) is 0. The van der Waals surface area contributed by atoms with Crippen molar-refractivity contribution in [1.29, 1.82) is 0 Å². The number of ether oxygens (including phenoxy) is 2. The summed E-state index contributed by atoms with van der Waals surface area (Å²) >= 11 is 5.22. The fourth-order valence-corrected chi connectivity index (χ4v) is 2.41. The zero-order valence-electron chi connectivity index (χ0n) is 13.6. The molecule has 0 spiro atoms. The van der Waals surface area contributed by atoms with Gasteiger partial charge < -0.3 is 9.47 Å². The second-order valence-corrected chi connectivity index (χ2v) is 5.41. The van der Waals surface area contributed by atoms with Crippen LogP contribution < -0.4 is 9.47 Å². The van der Waals surface area contributed by atoms with E-state index in [1.807, 2.05) is 6.07 Å². The van der Waals surface area contributed by atoms with Gasteiger partial charge in [0.25, 0.3) is 0 Å². The van der Waals surface area contributed by atoms with Crippen molar-refractivity contribution in [2.24, 2.45) is 5.10 Å². The zero-order chi connectivity index (χ0) is 17.8. The lowest BCUT2D eigenvalue weighted by Gasteiger charge is -2.07. The van der Waals surface area contributed by atoms with E-state index in [1.165, 1.54) is 16.8 Å². The first-order valence-corrected chi connectivity index (χ1v) is 7.73. The van der Waals surface area contributed by atoms with Crippen molar-refractivity contribution in [2.75, 3.05) is 14.2 Å². The predicted octanol–water partition coefficient (Wildman–Crippen LogP) is 3.65. The van der Waals surface area contributed by atoms with E-state index in [2.05, 4.69) is 15.3 Å². The Morgan fingerprint density at radius 1 is 1.16 bits per heavy atom. The number of benzene rings is 2. The van der Waals surface area contributed by atoms with Crippen molar-refractivity contribution < 1.29 is 13.9 Å². The maximum atomic E-state index is 13.1. The van der Waals surface area contributed by atoms with E-state index in [9.17, 15) is 4.39 Å². The molecule has 0 aliphatic carbocycles. The van der Waals surface area contributed by atoms with Crippen LogP contribution in [0.4, 0.5) is 4.39 Å². The molecule has 0 saturated carbocycles. The minimum Gasteiger partial charge on any atom is -0.497 e. The van der Waals surface area contributed by atoms with E-state index in [1.54, 1.807) is 44.7 Å². The first-order valence-electron chi connectivity index (χ1n) is 7.32. The largest absolute Gasteiger partial charge is 0.497 e. The van der Waals surface area contributed by atoms with Crippen LogP contribution in [0.1, 0.15) is 5.56 Å². The number of nitrogens with one attached hydrogen (secondary N) is 1. The van der Waals surface area contributed by atoms with Crippen LogP contribution in [0.5, 0.6) is 11.5 Å². The highest BCUT2D eigenvalue weighted by molar-refractivity contribution is 7.71. The Hall–Kier alpha value is -3.00. The molecule has 0 radical (unpaired) electrons. The molecule has 25 heavy (non-hydrogen) atoms. The van der Waals surface area contributed by atoms with Gasteiger partial charge in [-0.3, -0.25) is 0 Å². The predicted molar refractivity (Wildman–Crippen MR) is 95.3 cm³/mol. The smallest absolute Gasteiger partial charge is 0.216 e. The standard InChI is InChI=1S/C17H15FN4O2S/c1-23-14-8-5-12(15(9-14)24-2)10-19-22-16(20-21-17(22)25)11-3-6-13(18)7-4-11/h3-10H,1-2H3,(H,21,25)/b19-10+. The minimum absolute atomic E-state index is 0.322. The van der Waals surface area contributed by atoms with Gasteiger partial charge in [-0.1, -0.05) is 0 Å². The number of aromatic amines is 1. The van der Waals surface area contributed by atoms with Crippen LogP contribution in [0.2, 0.25) is 0 Å². The van der Waals surface area contributed by atoms with Gasteiger partial charge in [0.1, 0.15) is 17.3 Å². The number of rotatable bonds is 5. The van der Waals surface area contributed by atoms with Crippen molar-refractivity contribution in [3.8, 4) is 22.9 Å². The zero-order valence-corrected chi connectivity index (χ0v) is 14.4. The average molecular weight is 358 g/mol. The summed E-state index contributed by atoms with van der Waals surface area (Å²) < 4.78 is 25.4. The van der Waals surface area contributed by atoms with Gasteiger partial charge in [-0.15, -0.1) is 0 Å². The fourth-order valence-electron chi connectivity index (χ4n) is 2.23. The van der Waals surface area contributed by atoms with Gasteiger partial charge in [0.05, 0.1) is 20.4 Å². The van der Waals surface area contributed by atoms with E-state index in [4.69, 9.17) is 21.7 Å². The summed E-state index contributed by atoms with van der Waals surface area (Å²) in [7, 11) is 3.15. The Morgan fingerprint density at radius 3 is 2.60 bits per heavy atom. The number of aromatic nitrogens is 3. The summed E-state index contributed by atoms with van der Waals surface area (Å²) in [5, 5.41) is 11.2. The van der Waals surface area contributed by atoms with Crippen molar-refractivity contribution in [2.45, 2.75) is 0 Å². The lowest BCUT2D eigenvalue weighted by atomic mass is 10.2. The molecule has 0 amide bonds. The second kappa shape index (κ2) is 7.27. The highest BCUT2D eigenvalue weighted by Crippen LogP contribution is 2.23. The van der Waals surface area contributed by atoms with E-state index in [0.717, 1.165) is 5.56 Å². The highest BCUT2D eigenvalue weighted by Gasteiger charge is 2.09. The molecule has 0 fully saturated rings. The van der Waals surface area contributed by atoms with Crippen molar-refractivity contribution in [3.63, 3.8) is 0 Å². The molecule has 2 aromatic carbocycles. The van der Waals surface area contributed by atoms with Gasteiger partial charge in [0, 0.05) is 17.2 Å². The lowest BCUT2D eigenvalue weighted by molar-refractivity contribution is 0.394. The third-order valence-corrected chi connectivity index (χ3v) is 3.77. The van der Waals surface area contributed by atoms with Gasteiger partial charge in [0.15, 0.2) is 5.82 Å². The third kappa shape index (κ3) is 3.58. The van der Waals surface area contributed by atoms with Gasteiger partial charge >= 0.3 is 0 Å². The minimum atomic E-state index is -0.323.